The van der Waals surface area contributed by atoms with E-state index in [4.69, 9.17) is 4.74 Å². The van der Waals surface area contributed by atoms with E-state index in [1.807, 2.05) is 12.1 Å². The van der Waals surface area contributed by atoms with Gasteiger partial charge in [-0.05, 0) is 71.7 Å². The van der Waals surface area contributed by atoms with Crippen LogP contribution in [0.1, 0.15) is 34.0 Å². The van der Waals surface area contributed by atoms with Crippen LogP contribution in [-0.2, 0) is 22.4 Å². The van der Waals surface area contributed by atoms with Gasteiger partial charge in [-0.1, -0.05) is 24.3 Å². The van der Waals surface area contributed by atoms with E-state index in [9.17, 15) is 4.79 Å². The molecule has 1 aliphatic heterocycles. The second kappa shape index (κ2) is 9.86. The Kier molecular flexibility index (Phi) is 6.53. The van der Waals surface area contributed by atoms with Crippen LogP contribution in [0.4, 0.5) is 11.4 Å². The molecule has 2 N–H and O–H groups in total. The molecule has 0 radical (unpaired) electrons. The Balaban J connectivity index is 1.22. The van der Waals surface area contributed by atoms with Crippen molar-refractivity contribution in [2.75, 3.05) is 43.1 Å². The number of anilines is 2. The van der Waals surface area contributed by atoms with Gasteiger partial charge >= 0.3 is 0 Å². The summed E-state index contributed by atoms with van der Waals surface area (Å²) in [6.45, 7) is 3.59. The monoisotopic (exact) mass is 447 g/mol. The number of nitrogens with zero attached hydrogens (tertiary/aromatic N) is 1. The SMILES string of the molecule is O=C(CNC(c1ccc2c(c1)CCC2)c1cccs1)Nc1ccc(N2CCOCC2)cc1. The zero-order chi connectivity index (χ0) is 21.8. The van der Waals surface area contributed by atoms with Gasteiger partial charge in [-0.2, -0.15) is 0 Å². The number of benzene rings is 2. The topological polar surface area (TPSA) is 53.6 Å². The number of hydrogen-bond donors (Lipinski definition) is 2. The molecule has 5 nitrogen and oxygen atoms in total. The number of carbonyl (C=O) groups is 1. The summed E-state index contributed by atoms with van der Waals surface area (Å²) in [6.07, 6.45) is 3.57. The van der Waals surface area contributed by atoms with Gasteiger partial charge in [0.05, 0.1) is 25.8 Å². The fraction of sp³-hybridized carbons (Fsp3) is 0.346. The highest BCUT2D eigenvalue weighted by atomic mass is 32.1. The van der Waals surface area contributed by atoms with Crippen LogP contribution < -0.4 is 15.5 Å². The molecular formula is C26H29N3O2S. The Morgan fingerprint density at radius 1 is 1.03 bits per heavy atom. The summed E-state index contributed by atoms with van der Waals surface area (Å²) in [5.74, 6) is -0.0353. The van der Waals surface area contributed by atoms with Gasteiger partial charge in [-0.3, -0.25) is 10.1 Å². The Hall–Kier alpha value is -2.67. The number of aryl methyl sites for hydroxylation is 2. The van der Waals surface area contributed by atoms with Gasteiger partial charge in [-0.15, -0.1) is 11.3 Å². The fourth-order valence-corrected chi connectivity index (χ4v) is 5.41. The summed E-state index contributed by atoms with van der Waals surface area (Å²) < 4.78 is 5.42. The van der Waals surface area contributed by atoms with Crippen LogP contribution >= 0.6 is 11.3 Å². The van der Waals surface area contributed by atoms with Crippen molar-refractivity contribution in [3.05, 3.63) is 81.5 Å². The molecule has 0 spiro atoms. The summed E-state index contributed by atoms with van der Waals surface area (Å²) in [5, 5.41) is 8.60. The largest absolute Gasteiger partial charge is 0.378 e. The number of ether oxygens (including phenoxy) is 1. The van der Waals surface area contributed by atoms with Crippen molar-refractivity contribution in [2.24, 2.45) is 0 Å². The summed E-state index contributed by atoms with van der Waals surface area (Å²) in [6, 6.07) is 19.1. The number of amides is 1. The summed E-state index contributed by atoms with van der Waals surface area (Å²) in [5.41, 5.74) is 6.14. The number of hydrogen-bond acceptors (Lipinski definition) is 5. The molecule has 3 aromatic rings. The normalized spacial score (nSPS) is 16.6. The number of nitrogens with one attached hydrogen (secondary N) is 2. The number of thiophene rings is 1. The van der Waals surface area contributed by atoms with Crippen LogP contribution in [0.25, 0.3) is 0 Å². The van der Waals surface area contributed by atoms with Crippen molar-refractivity contribution in [2.45, 2.75) is 25.3 Å². The minimum Gasteiger partial charge on any atom is -0.378 e. The smallest absolute Gasteiger partial charge is 0.238 e. The van der Waals surface area contributed by atoms with Gasteiger partial charge in [0.25, 0.3) is 0 Å². The number of fused-ring (bicyclic) bond motifs is 1. The fourth-order valence-electron chi connectivity index (χ4n) is 4.59. The number of rotatable bonds is 7. The molecule has 32 heavy (non-hydrogen) atoms. The lowest BCUT2D eigenvalue weighted by atomic mass is 10.00. The maximum atomic E-state index is 12.7. The molecule has 166 valence electrons. The highest BCUT2D eigenvalue weighted by Crippen LogP contribution is 2.30. The van der Waals surface area contributed by atoms with E-state index in [1.165, 1.54) is 40.1 Å². The zero-order valence-electron chi connectivity index (χ0n) is 18.2. The molecule has 1 atom stereocenters. The third-order valence-corrected chi connectivity index (χ3v) is 7.21. The Morgan fingerprint density at radius 3 is 2.62 bits per heavy atom. The van der Waals surface area contributed by atoms with Gasteiger partial charge < -0.3 is 15.0 Å². The molecule has 1 aliphatic carbocycles. The third kappa shape index (κ3) is 4.88. The first-order valence-electron chi connectivity index (χ1n) is 11.4. The molecule has 5 rings (SSSR count). The van der Waals surface area contributed by atoms with Gasteiger partial charge in [0.1, 0.15) is 0 Å². The molecule has 1 amide bonds. The van der Waals surface area contributed by atoms with Gasteiger partial charge in [-0.25, -0.2) is 0 Å². The molecule has 1 fully saturated rings. The van der Waals surface area contributed by atoms with Crippen molar-refractivity contribution in [3.63, 3.8) is 0 Å². The molecule has 1 unspecified atom stereocenters. The van der Waals surface area contributed by atoms with Crippen LogP contribution in [0.3, 0.4) is 0 Å². The zero-order valence-corrected chi connectivity index (χ0v) is 19.0. The molecule has 1 aromatic heterocycles. The van der Waals surface area contributed by atoms with Crippen molar-refractivity contribution in [3.8, 4) is 0 Å². The summed E-state index contributed by atoms with van der Waals surface area (Å²) >= 11 is 1.72. The van der Waals surface area contributed by atoms with Crippen LogP contribution in [0.2, 0.25) is 0 Å². The van der Waals surface area contributed by atoms with Gasteiger partial charge in [0.2, 0.25) is 5.91 Å². The summed E-state index contributed by atoms with van der Waals surface area (Å²) in [4.78, 5) is 16.2. The predicted molar refractivity (Wildman–Crippen MR) is 131 cm³/mol. The lowest BCUT2D eigenvalue weighted by Gasteiger charge is -2.28. The second-order valence-electron chi connectivity index (χ2n) is 8.41. The quantitative estimate of drug-likeness (QED) is 0.564. The minimum atomic E-state index is -0.0353. The third-order valence-electron chi connectivity index (χ3n) is 6.28. The van der Waals surface area contributed by atoms with E-state index in [-0.39, 0.29) is 18.5 Å². The maximum Gasteiger partial charge on any atom is 0.238 e. The number of carbonyl (C=O) groups excluding carboxylic acids is 1. The lowest BCUT2D eigenvalue weighted by Crippen LogP contribution is -2.36. The molecule has 0 bridgehead atoms. The van der Waals surface area contributed by atoms with Crippen LogP contribution in [-0.4, -0.2) is 38.8 Å². The van der Waals surface area contributed by atoms with E-state index < -0.39 is 0 Å². The summed E-state index contributed by atoms with van der Waals surface area (Å²) in [7, 11) is 0. The van der Waals surface area contributed by atoms with Crippen molar-refractivity contribution < 1.29 is 9.53 Å². The Bertz CT molecular complexity index is 1040. The Labute approximate surface area is 193 Å². The van der Waals surface area contributed by atoms with Crippen LogP contribution in [0, 0.1) is 0 Å². The highest BCUT2D eigenvalue weighted by molar-refractivity contribution is 7.10. The molecule has 1 saturated heterocycles. The first kappa shape index (κ1) is 21.2. The molecule has 2 aromatic carbocycles. The molecule has 6 heteroatoms. The van der Waals surface area contributed by atoms with Crippen LogP contribution in [0.15, 0.2) is 60.0 Å². The average molecular weight is 448 g/mol. The lowest BCUT2D eigenvalue weighted by molar-refractivity contribution is -0.115. The highest BCUT2D eigenvalue weighted by Gasteiger charge is 2.19. The molecular weight excluding hydrogens is 418 g/mol. The van der Waals surface area contributed by atoms with E-state index in [2.05, 4.69) is 63.4 Å². The van der Waals surface area contributed by atoms with Gasteiger partial charge in [0.15, 0.2) is 0 Å². The minimum absolute atomic E-state index is 0.0235. The van der Waals surface area contributed by atoms with Crippen molar-refractivity contribution in [1.82, 2.24) is 5.32 Å². The molecule has 0 saturated carbocycles. The van der Waals surface area contributed by atoms with E-state index in [0.29, 0.717) is 0 Å². The number of morpholine rings is 1. The van der Waals surface area contributed by atoms with Crippen molar-refractivity contribution in [1.29, 1.82) is 0 Å². The predicted octanol–water partition coefficient (Wildman–Crippen LogP) is 4.39. The maximum absolute atomic E-state index is 12.7. The van der Waals surface area contributed by atoms with E-state index >= 15 is 0 Å². The standard InChI is InChI=1S/C26H29N3O2S/c30-25(28-22-8-10-23(11-9-22)29-12-14-31-15-13-29)18-27-26(24-5-2-16-32-24)21-7-6-19-3-1-4-20(19)17-21/h2,5-11,16-17,26-27H,1,3-4,12-15,18H2,(H,28,30). The van der Waals surface area contributed by atoms with E-state index in [1.54, 1.807) is 11.3 Å². The van der Waals surface area contributed by atoms with Crippen LogP contribution in [0.5, 0.6) is 0 Å². The van der Waals surface area contributed by atoms with Gasteiger partial charge in [0, 0.05) is 29.3 Å². The second-order valence-corrected chi connectivity index (χ2v) is 9.38. The van der Waals surface area contributed by atoms with E-state index in [0.717, 1.165) is 38.4 Å². The molecule has 2 heterocycles. The Morgan fingerprint density at radius 2 is 1.84 bits per heavy atom. The average Bonchev–Trinajstić information content (AvgIpc) is 3.52. The first-order chi connectivity index (χ1) is 15.8. The van der Waals surface area contributed by atoms with Crippen molar-refractivity contribution >= 4 is 28.6 Å². The first-order valence-corrected chi connectivity index (χ1v) is 12.3. The molecule has 2 aliphatic rings.